The lowest BCUT2D eigenvalue weighted by Gasteiger charge is -2.36. The highest BCUT2D eigenvalue weighted by molar-refractivity contribution is 8.00. The van der Waals surface area contributed by atoms with E-state index < -0.39 is 18.3 Å². The zero-order valence-corrected chi connectivity index (χ0v) is 11.0. The zero-order chi connectivity index (χ0) is 12.3. The molecule has 1 aliphatic heterocycles. The van der Waals surface area contributed by atoms with E-state index in [0.717, 1.165) is 12.2 Å². The largest absolute Gasteiger partial charge is 0.389 e. The molecular formula is C11H23NO3S. The molecule has 0 aromatic carbocycles. The fourth-order valence-corrected chi connectivity index (χ4v) is 2.73. The van der Waals surface area contributed by atoms with Crippen molar-refractivity contribution in [1.29, 1.82) is 0 Å². The summed E-state index contributed by atoms with van der Waals surface area (Å²) in [4.78, 5) is 0. The molecule has 0 aromatic rings. The first-order valence-corrected chi connectivity index (χ1v) is 6.71. The van der Waals surface area contributed by atoms with Crippen molar-refractivity contribution in [2.24, 2.45) is 0 Å². The third kappa shape index (κ3) is 4.22. The molecule has 1 fully saturated rings. The van der Waals surface area contributed by atoms with Crippen LogP contribution in [0.4, 0.5) is 0 Å². The van der Waals surface area contributed by atoms with Crippen molar-refractivity contribution in [1.82, 2.24) is 5.32 Å². The third-order valence-corrected chi connectivity index (χ3v) is 4.02. The van der Waals surface area contributed by atoms with Gasteiger partial charge >= 0.3 is 0 Å². The average molecular weight is 249 g/mol. The van der Waals surface area contributed by atoms with Gasteiger partial charge in [0.25, 0.3) is 0 Å². The Balaban J connectivity index is 2.32. The topological polar surface area (TPSA) is 72.7 Å². The molecule has 1 heterocycles. The summed E-state index contributed by atoms with van der Waals surface area (Å²) in [5, 5.41) is 31.7. The van der Waals surface area contributed by atoms with Gasteiger partial charge in [-0.25, -0.2) is 0 Å². The number of thioether (sulfide) groups is 1. The molecule has 4 nitrogen and oxygen atoms in total. The van der Waals surface area contributed by atoms with E-state index in [1.165, 1.54) is 0 Å². The highest BCUT2D eigenvalue weighted by Crippen LogP contribution is 2.25. The van der Waals surface area contributed by atoms with Gasteiger partial charge < -0.3 is 20.6 Å². The molecule has 0 bridgehead atoms. The van der Waals surface area contributed by atoms with Gasteiger partial charge in [0.2, 0.25) is 0 Å². The number of piperidine rings is 1. The number of aliphatic hydroxyl groups is 3. The van der Waals surface area contributed by atoms with Gasteiger partial charge in [0.15, 0.2) is 0 Å². The summed E-state index contributed by atoms with van der Waals surface area (Å²) in [6.07, 6.45) is -1.95. The quantitative estimate of drug-likeness (QED) is 0.565. The van der Waals surface area contributed by atoms with Crippen LogP contribution in [0.1, 0.15) is 27.2 Å². The van der Waals surface area contributed by atoms with Gasteiger partial charge in [0, 0.05) is 17.3 Å². The lowest BCUT2D eigenvalue weighted by molar-refractivity contribution is -0.0941. The van der Waals surface area contributed by atoms with Crippen LogP contribution in [0.25, 0.3) is 0 Å². The van der Waals surface area contributed by atoms with Crippen molar-refractivity contribution in [3.05, 3.63) is 0 Å². The second kappa shape index (κ2) is 5.69. The van der Waals surface area contributed by atoms with Gasteiger partial charge in [-0.3, -0.25) is 0 Å². The summed E-state index contributed by atoms with van der Waals surface area (Å²) in [6, 6.07) is -0.117. The highest BCUT2D eigenvalue weighted by Gasteiger charge is 2.35. The van der Waals surface area contributed by atoms with Crippen LogP contribution in [0.3, 0.4) is 0 Å². The van der Waals surface area contributed by atoms with E-state index in [-0.39, 0.29) is 10.8 Å². The van der Waals surface area contributed by atoms with E-state index in [1.54, 1.807) is 0 Å². The first kappa shape index (κ1) is 14.3. The molecule has 4 atom stereocenters. The fraction of sp³-hybridized carbons (Fsp3) is 1.00. The van der Waals surface area contributed by atoms with E-state index in [1.807, 2.05) is 11.8 Å². The number of rotatable bonds is 3. The van der Waals surface area contributed by atoms with E-state index in [2.05, 4.69) is 26.1 Å². The van der Waals surface area contributed by atoms with Crippen LogP contribution in [0.2, 0.25) is 0 Å². The van der Waals surface area contributed by atoms with Gasteiger partial charge in [-0.2, -0.15) is 11.8 Å². The maximum Gasteiger partial charge on any atom is 0.108 e. The van der Waals surface area contributed by atoms with Crippen molar-refractivity contribution in [2.45, 2.75) is 56.3 Å². The maximum absolute atomic E-state index is 9.76. The summed E-state index contributed by atoms with van der Waals surface area (Å²) >= 11 is 1.84. The molecule has 1 saturated heterocycles. The summed E-state index contributed by atoms with van der Waals surface area (Å²) < 4.78 is 0.220. The molecule has 0 aliphatic carbocycles. The molecule has 5 heteroatoms. The lowest BCUT2D eigenvalue weighted by atomic mass is 9.94. The smallest absolute Gasteiger partial charge is 0.108 e. The zero-order valence-electron chi connectivity index (χ0n) is 10.2. The average Bonchev–Trinajstić information content (AvgIpc) is 2.16. The molecule has 0 radical (unpaired) electrons. The third-order valence-electron chi connectivity index (χ3n) is 2.71. The van der Waals surface area contributed by atoms with Gasteiger partial charge in [0.05, 0.1) is 12.2 Å². The SMILES string of the molecule is CC(C)(C)SCC[C@H]1NC[C@@H](O)[C@H](O)[C@H]1O. The van der Waals surface area contributed by atoms with Gasteiger partial charge in [-0.05, 0) is 12.2 Å². The molecule has 1 rings (SSSR count). The highest BCUT2D eigenvalue weighted by atomic mass is 32.2. The summed E-state index contributed by atoms with van der Waals surface area (Å²) in [6.45, 7) is 6.81. The van der Waals surface area contributed by atoms with E-state index >= 15 is 0 Å². The predicted molar refractivity (Wildman–Crippen MR) is 66.6 cm³/mol. The Hall–Kier alpha value is 0.190. The van der Waals surface area contributed by atoms with E-state index in [4.69, 9.17) is 0 Å². The van der Waals surface area contributed by atoms with Crippen molar-refractivity contribution in [3.8, 4) is 0 Å². The van der Waals surface area contributed by atoms with Crippen molar-refractivity contribution >= 4 is 11.8 Å². The molecule has 0 amide bonds. The molecule has 16 heavy (non-hydrogen) atoms. The van der Waals surface area contributed by atoms with Crippen LogP contribution in [-0.2, 0) is 0 Å². The maximum atomic E-state index is 9.76. The Labute approximate surface area is 101 Å². The molecule has 0 saturated carbocycles. The molecular weight excluding hydrogens is 226 g/mol. The Morgan fingerprint density at radius 1 is 1.19 bits per heavy atom. The van der Waals surface area contributed by atoms with Crippen LogP contribution >= 0.6 is 11.8 Å². The number of hydrogen-bond acceptors (Lipinski definition) is 5. The molecule has 0 unspecified atom stereocenters. The van der Waals surface area contributed by atoms with Gasteiger partial charge in [-0.1, -0.05) is 20.8 Å². The molecule has 96 valence electrons. The van der Waals surface area contributed by atoms with Crippen LogP contribution in [-0.4, -0.2) is 56.7 Å². The van der Waals surface area contributed by atoms with Crippen LogP contribution in [0.5, 0.6) is 0 Å². The first-order valence-electron chi connectivity index (χ1n) is 5.73. The van der Waals surface area contributed by atoms with Crippen LogP contribution in [0, 0.1) is 0 Å². The minimum absolute atomic E-state index is 0.117. The fourth-order valence-electron chi connectivity index (χ4n) is 1.74. The van der Waals surface area contributed by atoms with Gasteiger partial charge in [-0.15, -0.1) is 0 Å². The molecule has 0 spiro atoms. The standard InChI is InChI=1S/C11H23NO3S/c1-11(2,3)16-5-4-7-9(14)10(15)8(13)6-12-7/h7-10,12-15H,4-6H2,1-3H3/t7-,8-,9+,10+/m1/s1. The predicted octanol–water partition coefficient (Wildman–Crippen LogP) is -0.0373. The second-order valence-corrected chi connectivity index (χ2v) is 7.23. The summed E-state index contributed by atoms with van der Waals surface area (Å²) in [5.41, 5.74) is 0. The summed E-state index contributed by atoms with van der Waals surface area (Å²) in [5.74, 6) is 0.932. The van der Waals surface area contributed by atoms with Crippen LogP contribution < -0.4 is 5.32 Å². The number of nitrogens with one attached hydrogen (secondary N) is 1. The number of hydrogen-bond donors (Lipinski definition) is 4. The van der Waals surface area contributed by atoms with Crippen molar-refractivity contribution < 1.29 is 15.3 Å². The Kier molecular flexibility index (Phi) is 5.07. The molecule has 4 N–H and O–H groups in total. The monoisotopic (exact) mass is 249 g/mol. The Bertz CT molecular complexity index is 220. The lowest BCUT2D eigenvalue weighted by Crippen LogP contribution is -2.59. The second-order valence-electron chi connectivity index (χ2n) is 5.31. The van der Waals surface area contributed by atoms with Crippen LogP contribution in [0.15, 0.2) is 0 Å². The minimum Gasteiger partial charge on any atom is -0.389 e. The van der Waals surface area contributed by atoms with Gasteiger partial charge in [0.1, 0.15) is 6.10 Å². The normalized spacial score (nSPS) is 36.4. The number of β-amino-alcohol motifs (C(OH)–C–C–N with tert-alkyl or cyclic N) is 1. The number of aliphatic hydroxyl groups excluding tert-OH is 3. The summed E-state index contributed by atoms with van der Waals surface area (Å²) in [7, 11) is 0. The molecule has 1 aliphatic rings. The minimum atomic E-state index is -1.02. The van der Waals surface area contributed by atoms with E-state index in [9.17, 15) is 15.3 Å². The first-order chi connectivity index (χ1) is 7.31. The van der Waals surface area contributed by atoms with Crippen molar-refractivity contribution in [3.63, 3.8) is 0 Å². The Morgan fingerprint density at radius 2 is 1.81 bits per heavy atom. The van der Waals surface area contributed by atoms with E-state index in [0.29, 0.717) is 6.54 Å². The Morgan fingerprint density at radius 3 is 2.38 bits per heavy atom. The van der Waals surface area contributed by atoms with Crippen molar-refractivity contribution in [2.75, 3.05) is 12.3 Å². The molecule has 0 aromatic heterocycles.